The molecule has 0 spiro atoms. The molecule has 0 atom stereocenters. The van der Waals surface area contributed by atoms with Crippen LogP contribution in [-0.2, 0) is 4.79 Å². The normalized spacial score (nSPS) is 19.8. The van der Waals surface area contributed by atoms with Crippen molar-refractivity contribution in [2.45, 2.75) is 57.4 Å². The van der Waals surface area contributed by atoms with Gasteiger partial charge < -0.3 is 16.0 Å². The largest absolute Gasteiger partial charge is 0.349 e. The Morgan fingerprint density at radius 2 is 1.70 bits per heavy atom. The van der Waals surface area contributed by atoms with Crippen molar-refractivity contribution in [1.82, 2.24) is 10.2 Å². The van der Waals surface area contributed by atoms with Crippen LogP contribution in [-0.4, -0.2) is 42.4 Å². The molecule has 6 heteroatoms. The number of benzene rings is 1. The first-order valence-electron chi connectivity index (χ1n) is 9.96. The lowest BCUT2D eigenvalue weighted by Gasteiger charge is -2.39. The van der Waals surface area contributed by atoms with Gasteiger partial charge in [0, 0.05) is 31.1 Å². The van der Waals surface area contributed by atoms with Gasteiger partial charge in [-0.15, -0.1) is 12.4 Å². The smallest absolute Gasteiger partial charge is 0.251 e. The standard InChI is InChI=1S/C21H31N3O2.ClH/c22-16-21(11-5-2-6-12-21)15-19(25)24-13-9-18(10-14-24)23-20(26)17-7-3-1-4-8-17;/h1,3-4,7-8,18H,2,5-6,9-16,22H2,(H,23,26);1H. The first-order valence-corrected chi connectivity index (χ1v) is 9.96. The van der Waals surface area contributed by atoms with Crippen LogP contribution in [0.5, 0.6) is 0 Å². The SMILES string of the molecule is Cl.NCC1(CC(=O)N2CCC(NC(=O)c3ccccc3)CC2)CCCCC1. The summed E-state index contributed by atoms with van der Waals surface area (Å²) in [6, 6.07) is 9.43. The lowest BCUT2D eigenvalue weighted by atomic mass is 9.71. The fraction of sp³-hybridized carbons (Fsp3) is 0.619. The van der Waals surface area contributed by atoms with Crippen LogP contribution in [0.3, 0.4) is 0 Å². The van der Waals surface area contributed by atoms with Gasteiger partial charge >= 0.3 is 0 Å². The summed E-state index contributed by atoms with van der Waals surface area (Å²) in [6.45, 7) is 2.06. The van der Waals surface area contributed by atoms with E-state index in [-0.39, 0.29) is 35.7 Å². The van der Waals surface area contributed by atoms with E-state index in [9.17, 15) is 9.59 Å². The fourth-order valence-corrected chi connectivity index (χ4v) is 4.32. The predicted octanol–water partition coefficient (Wildman–Crippen LogP) is 3.13. The maximum Gasteiger partial charge on any atom is 0.251 e. The topological polar surface area (TPSA) is 75.4 Å². The van der Waals surface area contributed by atoms with Crippen LogP contribution in [0.4, 0.5) is 0 Å². The van der Waals surface area contributed by atoms with Crippen LogP contribution in [0.2, 0.25) is 0 Å². The highest BCUT2D eigenvalue weighted by Gasteiger charge is 2.35. The summed E-state index contributed by atoms with van der Waals surface area (Å²) in [7, 11) is 0. The Kier molecular flexibility index (Phi) is 8.11. The monoisotopic (exact) mass is 393 g/mol. The van der Waals surface area contributed by atoms with Crippen molar-refractivity contribution < 1.29 is 9.59 Å². The molecule has 27 heavy (non-hydrogen) atoms. The third-order valence-electron chi connectivity index (χ3n) is 6.09. The van der Waals surface area contributed by atoms with E-state index in [1.54, 1.807) is 0 Å². The first kappa shape index (κ1) is 21.7. The Morgan fingerprint density at radius 3 is 2.30 bits per heavy atom. The van der Waals surface area contributed by atoms with Gasteiger partial charge in [-0.2, -0.15) is 0 Å². The van der Waals surface area contributed by atoms with Crippen LogP contribution in [0.1, 0.15) is 61.7 Å². The second-order valence-electron chi connectivity index (χ2n) is 7.94. The van der Waals surface area contributed by atoms with Gasteiger partial charge in [0.2, 0.25) is 5.91 Å². The maximum absolute atomic E-state index is 12.8. The summed E-state index contributed by atoms with van der Waals surface area (Å²) in [5.74, 6) is 0.213. The lowest BCUT2D eigenvalue weighted by Crippen LogP contribution is -2.48. The Balaban J connectivity index is 0.00000261. The molecule has 1 aromatic rings. The number of carbonyl (C=O) groups is 2. The predicted molar refractivity (Wildman–Crippen MR) is 110 cm³/mol. The number of likely N-dealkylation sites (tertiary alicyclic amines) is 1. The molecule has 1 saturated heterocycles. The van der Waals surface area contributed by atoms with Gasteiger partial charge in [0.15, 0.2) is 0 Å². The van der Waals surface area contributed by atoms with Crippen molar-refractivity contribution in [3.05, 3.63) is 35.9 Å². The number of nitrogens with two attached hydrogens (primary N) is 1. The van der Waals surface area contributed by atoms with Crippen molar-refractivity contribution in [3.8, 4) is 0 Å². The van der Waals surface area contributed by atoms with E-state index >= 15 is 0 Å². The average molecular weight is 394 g/mol. The summed E-state index contributed by atoms with van der Waals surface area (Å²) in [6.07, 6.45) is 8.04. The van der Waals surface area contributed by atoms with Crippen LogP contribution in [0.15, 0.2) is 30.3 Å². The van der Waals surface area contributed by atoms with Crippen molar-refractivity contribution in [1.29, 1.82) is 0 Å². The van der Waals surface area contributed by atoms with Gasteiger partial charge in [0.1, 0.15) is 0 Å². The lowest BCUT2D eigenvalue weighted by molar-refractivity contribution is -0.135. The number of halogens is 1. The summed E-state index contributed by atoms with van der Waals surface area (Å²) in [5.41, 5.74) is 6.74. The summed E-state index contributed by atoms with van der Waals surface area (Å²) < 4.78 is 0. The number of carbonyl (C=O) groups excluding carboxylic acids is 2. The fourth-order valence-electron chi connectivity index (χ4n) is 4.32. The van der Waals surface area contributed by atoms with Crippen LogP contribution < -0.4 is 11.1 Å². The third kappa shape index (κ3) is 5.69. The van der Waals surface area contributed by atoms with Crippen molar-refractivity contribution in [2.24, 2.45) is 11.1 Å². The number of piperidine rings is 1. The van der Waals surface area contributed by atoms with Gasteiger partial charge in [0.25, 0.3) is 5.91 Å². The minimum atomic E-state index is -0.0281. The van der Waals surface area contributed by atoms with Crippen molar-refractivity contribution in [2.75, 3.05) is 19.6 Å². The molecule has 1 aromatic carbocycles. The van der Waals surface area contributed by atoms with Crippen LogP contribution in [0.25, 0.3) is 0 Å². The molecule has 2 amide bonds. The molecule has 2 fully saturated rings. The molecule has 150 valence electrons. The van der Waals surface area contributed by atoms with E-state index < -0.39 is 0 Å². The molecule has 0 radical (unpaired) electrons. The van der Waals surface area contributed by atoms with Gasteiger partial charge in [-0.25, -0.2) is 0 Å². The van der Waals surface area contributed by atoms with E-state index in [2.05, 4.69) is 5.32 Å². The van der Waals surface area contributed by atoms with Gasteiger partial charge in [-0.1, -0.05) is 37.5 Å². The number of amides is 2. The third-order valence-corrected chi connectivity index (χ3v) is 6.09. The van der Waals surface area contributed by atoms with E-state index in [1.807, 2.05) is 35.2 Å². The summed E-state index contributed by atoms with van der Waals surface area (Å²) in [5, 5.41) is 3.10. The molecular weight excluding hydrogens is 362 g/mol. The van der Waals surface area contributed by atoms with E-state index in [4.69, 9.17) is 5.73 Å². The van der Waals surface area contributed by atoms with Crippen LogP contribution in [0, 0.1) is 5.41 Å². The molecule has 2 aliphatic rings. The molecule has 0 unspecified atom stereocenters. The Labute approximate surface area is 168 Å². The quantitative estimate of drug-likeness (QED) is 0.806. The number of hydrogen-bond acceptors (Lipinski definition) is 3. The molecular formula is C21H32ClN3O2. The number of rotatable bonds is 5. The van der Waals surface area contributed by atoms with Gasteiger partial charge in [-0.05, 0) is 49.8 Å². The minimum absolute atomic E-state index is 0. The number of nitrogens with one attached hydrogen (secondary N) is 1. The highest BCUT2D eigenvalue weighted by Crippen LogP contribution is 2.39. The average Bonchev–Trinajstić information content (AvgIpc) is 2.70. The van der Waals surface area contributed by atoms with E-state index in [1.165, 1.54) is 19.3 Å². The zero-order valence-corrected chi connectivity index (χ0v) is 16.8. The maximum atomic E-state index is 12.8. The Hall–Kier alpha value is -1.59. The summed E-state index contributed by atoms with van der Waals surface area (Å²) in [4.78, 5) is 27.0. The molecule has 0 bridgehead atoms. The number of nitrogens with zero attached hydrogens (tertiary/aromatic N) is 1. The zero-order chi connectivity index (χ0) is 18.4. The molecule has 1 aliphatic heterocycles. The Morgan fingerprint density at radius 1 is 1.07 bits per heavy atom. The van der Waals surface area contributed by atoms with Crippen molar-refractivity contribution in [3.63, 3.8) is 0 Å². The molecule has 3 N–H and O–H groups in total. The first-order chi connectivity index (χ1) is 12.6. The van der Waals surface area contributed by atoms with Crippen LogP contribution >= 0.6 is 12.4 Å². The van der Waals surface area contributed by atoms with E-state index in [0.717, 1.165) is 38.8 Å². The molecule has 5 nitrogen and oxygen atoms in total. The minimum Gasteiger partial charge on any atom is -0.349 e. The molecule has 1 saturated carbocycles. The molecule has 0 aromatic heterocycles. The molecule has 3 rings (SSSR count). The molecule has 1 heterocycles. The highest BCUT2D eigenvalue weighted by molar-refractivity contribution is 5.94. The highest BCUT2D eigenvalue weighted by atomic mass is 35.5. The molecule has 1 aliphatic carbocycles. The summed E-state index contributed by atoms with van der Waals surface area (Å²) >= 11 is 0. The second kappa shape index (κ2) is 10.1. The van der Waals surface area contributed by atoms with Gasteiger partial charge in [-0.3, -0.25) is 9.59 Å². The van der Waals surface area contributed by atoms with Gasteiger partial charge in [0.05, 0.1) is 0 Å². The van der Waals surface area contributed by atoms with E-state index in [0.29, 0.717) is 18.5 Å². The van der Waals surface area contributed by atoms with Crippen molar-refractivity contribution >= 4 is 24.2 Å². The number of hydrogen-bond donors (Lipinski definition) is 2. The zero-order valence-electron chi connectivity index (χ0n) is 16.0. The second-order valence-corrected chi connectivity index (χ2v) is 7.94. The Bertz CT molecular complexity index is 609.